The lowest BCUT2D eigenvalue weighted by molar-refractivity contribution is -0.115. The maximum absolute atomic E-state index is 13.2. The summed E-state index contributed by atoms with van der Waals surface area (Å²) in [7, 11) is 1.64. The first-order valence-corrected chi connectivity index (χ1v) is 12.8. The summed E-state index contributed by atoms with van der Waals surface area (Å²) >= 11 is 0. The Kier molecular flexibility index (Phi) is 6.15. The van der Waals surface area contributed by atoms with Crippen LogP contribution >= 0.6 is 0 Å². The van der Waals surface area contributed by atoms with Crippen LogP contribution in [0, 0.1) is 0 Å². The van der Waals surface area contributed by atoms with E-state index in [1.165, 1.54) is 6.33 Å². The monoisotopic (exact) mass is 512 g/mol. The van der Waals surface area contributed by atoms with Gasteiger partial charge in [0.2, 0.25) is 11.7 Å². The molecular weight excluding hydrogens is 484 g/mol. The molecule has 194 valence electrons. The number of fused-ring (bicyclic) bond motifs is 2. The molecule has 10 nitrogen and oxygen atoms in total. The fourth-order valence-corrected chi connectivity index (χ4v) is 5.47. The maximum Gasteiger partial charge on any atom is 0.322 e. The lowest BCUT2D eigenvalue weighted by atomic mass is 10.0. The lowest BCUT2D eigenvalue weighted by Gasteiger charge is -2.38. The van der Waals surface area contributed by atoms with Gasteiger partial charge in [0.15, 0.2) is 0 Å². The third-order valence-electron chi connectivity index (χ3n) is 7.54. The predicted molar refractivity (Wildman–Crippen MR) is 142 cm³/mol. The predicted octanol–water partition coefficient (Wildman–Crippen LogP) is 3.27. The van der Waals surface area contributed by atoms with E-state index in [1.54, 1.807) is 31.4 Å². The number of carbonyl (C=O) groups is 3. The number of urea groups is 1. The number of nitrogens with zero attached hydrogens (tertiary/aromatic N) is 4. The number of amides is 3. The van der Waals surface area contributed by atoms with Crippen molar-refractivity contribution in [2.75, 3.05) is 42.3 Å². The van der Waals surface area contributed by atoms with Crippen molar-refractivity contribution in [3.05, 3.63) is 71.2 Å². The number of hydrogen-bond acceptors (Lipinski definition) is 7. The summed E-state index contributed by atoms with van der Waals surface area (Å²) in [4.78, 5) is 50.5. The van der Waals surface area contributed by atoms with Gasteiger partial charge in [-0.3, -0.25) is 9.59 Å². The largest absolute Gasteiger partial charge is 0.497 e. The normalized spacial score (nSPS) is 17.3. The molecule has 0 atom stereocenters. The molecule has 3 aliphatic heterocycles. The third-order valence-corrected chi connectivity index (χ3v) is 7.54. The van der Waals surface area contributed by atoms with Gasteiger partial charge in [0, 0.05) is 48.7 Å². The van der Waals surface area contributed by atoms with Crippen LogP contribution < -0.4 is 20.3 Å². The van der Waals surface area contributed by atoms with Crippen LogP contribution in [0.15, 0.2) is 48.8 Å². The molecule has 10 heteroatoms. The number of carbonyl (C=O) groups excluding carboxylic acids is 3. The highest BCUT2D eigenvalue weighted by Crippen LogP contribution is 2.29. The van der Waals surface area contributed by atoms with Crippen molar-refractivity contribution in [3.8, 4) is 5.75 Å². The summed E-state index contributed by atoms with van der Waals surface area (Å²) in [5, 5.41) is 5.84. The zero-order valence-corrected chi connectivity index (χ0v) is 21.1. The van der Waals surface area contributed by atoms with Gasteiger partial charge in [-0.1, -0.05) is 0 Å². The van der Waals surface area contributed by atoms with Gasteiger partial charge in [-0.25, -0.2) is 14.8 Å². The van der Waals surface area contributed by atoms with Crippen molar-refractivity contribution in [2.45, 2.75) is 31.7 Å². The number of ether oxygens (including phenoxy) is 1. The minimum atomic E-state index is -0.205. The minimum absolute atomic E-state index is 0.0697. The molecule has 1 saturated heterocycles. The van der Waals surface area contributed by atoms with E-state index in [1.807, 2.05) is 23.1 Å². The number of rotatable bonds is 5. The van der Waals surface area contributed by atoms with Crippen LogP contribution in [0.5, 0.6) is 5.75 Å². The van der Waals surface area contributed by atoms with Gasteiger partial charge in [0.05, 0.1) is 13.5 Å². The van der Waals surface area contributed by atoms with E-state index < -0.39 is 0 Å². The van der Waals surface area contributed by atoms with Crippen LogP contribution in [0.25, 0.3) is 0 Å². The Bertz CT molecular complexity index is 1430. The molecular formula is C28H28N6O4. The minimum Gasteiger partial charge on any atom is -0.497 e. The van der Waals surface area contributed by atoms with Crippen molar-refractivity contribution in [1.82, 2.24) is 14.9 Å². The topological polar surface area (TPSA) is 117 Å². The highest BCUT2D eigenvalue weighted by molar-refractivity contribution is 6.09. The number of benzene rings is 2. The quantitative estimate of drug-likeness (QED) is 0.504. The molecule has 4 heterocycles. The Morgan fingerprint density at radius 2 is 1.74 bits per heavy atom. The average Bonchev–Trinajstić information content (AvgIpc) is 3.24. The summed E-state index contributed by atoms with van der Waals surface area (Å²) in [6.45, 7) is 2.07. The highest BCUT2D eigenvalue weighted by atomic mass is 16.5. The SMILES string of the molecule is COc1ccc2c(c1)CCN(C1CCN(c3cc(C(=O)c4ccc5c(c4)CC(=O)N5)ncn3)CC1)C(=O)N2. The smallest absolute Gasteiger partial charge is 0.322 e. The molecule has 1 fully saturated rings. The Morgan fingerprint density at radius 1 is 0.947 bits per heavy atom. The first-order valence-electron chi connectivity index (χ1n) is 12.8. The van der Waals surface area contributed by atoms with E-state index in [4.69, 9.17) is 4.74 Å². The van der Waals surface area contributed by atoms with Crippen LogP contribution in [0.3, 0.4) is 0 Å². The number of nitrogens with one attached hydrogen (secondary N) is 2. The van der Waals surface area contributed by atoms with Gasteiger partial charge in [-0.2, -0.15) is 0 Å². The molecule has 0 radical (unpaired) electrons. The van der Waals surface area contributed by atoms with Crippen LogP contribution in [0.4, 0.5) is 22.0 Å². The lowest BCUT2D eigenvalue weighted by Crippen LogP contribution is -2.49. The molecule has 0 saturated carbocycles. The molecule has 0 spiro atoms. The van der Waals surface area contributed by atoms with Gasteiger partial charge in [0.25, 0.3) is 0 Å². The van der Waals surface area contributed by atoms with Crippen LogP contribution in [-0.2, 0) is 17.6 Å². The standard InChI is InChI=1S/C28H28N6O4/c1-38-21-3-5-22-17(13-21)6-11-34(28(37)32-22)20-7-9-33(10-8-20)25-15-24(29-16-30-25)27(36)18-2-4-23-19(12-18)14-26(35)31-23/h2-5,12-13,15-16,20H,6-11,14H2,1H3,(H,31,35)(H,32,37). The van der Waals surface area contributed by atoms with E-state index in [0.29, 0.717) is 36.7 Å². The van der Waals surface area contributed by atoms with Crippen LogP contribution in [0.1, 0.15) is 40.0 Å². The third kappa shape index (κ3) is 4.53. The molecule has 3 aliphatic rings. The second kappa shape index (κ2) is 9.77. The van der Waals surface area contributed by atoms with Gasteiger partial charge < -0.3 is 25.2 Å². The summed E-state index contributed by atoms with van der Waals surface area (Å²) in [5.74, 6) is 1.20. The number of anilines is 3. The zero-order chi connectivity index (χ0) is 26.2. The van der Waals surface area contributed by atoms with Crippen molar-refractivity contribution < 1.29 is 19.1 Å². The molecule has 0 bridgehead atoms. The number of methoxy groups -OCH3 is 1. The van der Waals surface area contributed by atoms with Crippen molar-refractivity contribution in [2.24, 2.45) is 0 Å². The molecule has 3 aromatic rings. The number of ketones is 1. The van der Waals surface area contributed by atoms with Crippen molar-refractivity contribution in [3.63, 3.8) is 0 Å². The van der Waals surface area contributed by atoms with E-state index in [9.17, 15) is 14.4 Å². The summed E-state index contributed by atoms with van der Waals surface area (Å²) < 4.78 is 5.34. The molecule has 1 aromatic heterocycles. The van der Waals surface area contributed by atoms with Gasteiger partial charge in [-0.15, -0.1) is 0 Å². The number of piperidine rings is 1. The Hall–Kier alpha value is -4.47. The summed E-state index contributed by atoms with van der Waals surface area (Å²) in [6, 6.07) is 12.7. The van der Waals surface area contributed by atoms with E-state index in [0.717, 1.165) is 47.5 Å². The molecule has 2 aromatic carbocycles. The van der Waals surface area contributed by atoms with Crippen molar-refractivity contribution in [1.29, 1.82) is 0 Å². The van der Waals surface area contributed by atoms with E-state index in [-0.39, 0.29) is 30.2 Å². The molecule has 6 rings (SSSR count). The fraction of sp³-hybridized carbons (Fsp3) is 0.321. The Labute approximate surface area is 220 Å². The molecule has 2 N–H and O–H groups in total. The van der Waals surface area contributed by atoms with Gasteiger partial charge in [0.1, 0.15) is 23.6 Å². The summed E-state index contributed by atoms with van der Waals surface area (Å²) in [6.07, 6.45) is 4.05. The van der Waals surface area contributed by atoms with Crippen LogP contribution in [0.2, 0.25) is 0 Å². The molecule has 0 unspecified atom stereocenters. The second-order valence-electron chi connectivity index (χ2n) is 9.80. The maximum atomic E-state index is 13.2. The van der Waals surface area contributed by atoms with E-state index in [2.05, 4.69) is 25.5 Å². The van der Waals surface area contributed by atoms with E-state index >= 15 is 0 Å². The molecule has 0 aliphatic carbocycles. The van der Waals surface area contributed by atoms with Gasteiger partial charge in [-0.05, 0) is 66.8 Å². The molecule has 38 heavy (non-hydrogen) atoms. The zero-order valence-electron chi connectivity index (χ0n) is 21.1. The second-order valence-corrected chi connectivity index (χ2v) is 9.80. The first-order chi connectivity index (χ1) is 18.5. The van der Waals surface area contributed by atoms with Crippen LogP contribution in [-0.4, -0.2) is 65.4 Å². The molecule has 3 amide bonds. The first kappa shape index (κ1) is 23.9. The van der Waals surface area contributed by atoms with Gasteiger partial charge >= 0.3 is 6.03 Å². The average molecular weight is 513 g/mol. The highest BCUT2D eigenvalue weighted by Gasteiger charge is 2.31. The number of aromatic nitrogens is 2. The Balaban J connectivity index is 1.11. The number of hydrogen-bond donors (Lipinski definition) is 2. The fourth-order valence-electron chi connectivity index (χ4n) is 5.47. The van der Waals surface area contributed by atoms with Crippen molar-refractivity contribution >= 4 is 34.9 Å². The summed E-state index contributed by atoms with van der Waals surface area (Å²) in [5.41, 5.74) is 4.28. The Morgan fingerprint density at radius 3 is 2.55 bits per heavy atom.